The molecule has 16 heavy (non-hydrogen) atoms. The minimum Gasteiger partial charge on any atom is -0.194 e. The first-order valence-corrected chi connectivity index (χ1v) is 5.46. The highest BCUT2D eigenvalue weighted by atomic mass is 14.2. The van der Waals surface area contributed by atoms with Crippen LogP contribution in [0.1, 0.15) is 34.6 Å². The molecule has 0 rings (SSSR count). The topological polar surface area (TPSA) is 23.8 Å². The van der Waals surface area contributed by atoms with Gasteiger partial charge >= 0.3 is 0 Å². The highest BCUT2D eigenvalue weighted by molar-refractivity contribution is 6.24. The molecule has 0 spiro atoms. The number of allylic oxidation sites excluding steroid dienone is 8. The van der Waals surface area contributed by atoms with E-state index in [9.17, 15) is 0 Å². The molecule has 1 nitrogen and oxygen atoms in total. The first-order valence-electron chi connectivity index (χ1n) is 5.46. The lowest BCUT2D eigenvalue weighted by molar-refractivity contribution is 1.28. The quantitative estimate of drug-likeness (QED) is 0.401. The summed E-state index contributed by atoms with van der Waals surface area (Å²) < 4.78 is 0. The fourth-order valence-corrected chi connectivity index (χ4v) is 1.13. The van der Waals surface area contributed by atoms with Crippen LogP contribution in [0.15, 0.2) is 46.0 Å². The summed E-state index contributed by atoms with van der Waals surface area (Å²) in [5.74, 6) is 0. The second-order valence-corrected chi connectivity index (χ2v) is 4.49. The number of nitrogens with zero attached hydrogens (tertiary/aromatic N) is 1. The number of nitriles is 1. The molecule has 0 aromatic heterocycles. The van der Waals surface area contributed by atoms with Crippen molar-refractivity contribution in [2.24, 2.45) is 0 Å². The number of hydrogen-bond acceptors (Lipinski definition) is 1. The van der Waals surface area contributed by atoms with Gasteiger partial charge in [0.25, 0.3) is 0 Å². The maximum atomic E-state index is 8.78. The monoisotopic (exact) mass is 213 g/mol. The Kier molecular flexibility index (Phi) is 6.26. The van der Waals surface area contributed by atoms with E-state index >= 15 is 0 Å². The lowest BCUT2D eigenvalue weighted by Gasteiger charge is -2.01. The van der Waals surface area contributed by atoms with Crippen LogP contribution in [0.25, 0.3) is 0 Å². The van der Waals surface area contributed by atoms with E-state index in [2.05, 4.69) is 52.8 Å². The Morgan fingerprint density at radius 3 is 1.94 bits per heavy atom. The maximum absolute atomic E-state index is 8.78. The van der Waals surface area contributed by atoms with Gasteiger partial charge in [-0.25, -0.2) is 0 Å². The first kappa shape index (κ1) is 14.5. The van der Waals surface area contributed by atoms with Crippen LogP contribution >= 0.6 is 0 Å². The summed E-state index contributed by atoms with van der Waals surface area (Å²) in [5, 5.41) is 8.78. The third-order valence-electron chi connectivity index (χ3n) is 2.19. The van der Waals surface area contributed by atoms with Crippen molar-refractivity contribution in [2.45, 2.75) is 34.6 Å². The normalized spacial score (nSPS) is 11.8. The molecule has 0 aromatic carbocycles. The third kappa shape index (κ3) is 6.08. The summed E-state index contributed by atoms with van der Waals surface area (Å²) in [7, 11) is 1.82. The van der Waals surface area contributed by atoms with Crippen LogP contribution in [0.3, 0.4) is 0 Å². The van der Waals surface area contributed by atoms with E-state index < -0.39 is 0 Å². The zero-order valence-corrected chi connectivity index (χ0v) is 11.2. The summed E-state index contributed by atoms with van der Waals surface area (Å²) in [6.45, 7) is 10.4. The largest absolute Gasteiger partial charge is 0.194 e. The van der Waals surface area contributed by atoms with Crippen molar-refractivity contribution in [1.82, 2.24) is 0 Å². The molecule has 2 heteroatoms. The van der Waals surface area contributed by atoms with Crippen LogP contribution in [0, 0.1) is 11.3 Å². The van der Waals surface area contributed by atoms with E-state index in [0.29, 0.717) is 0 Å². The van der Waals surface area contributed by atoms with Crippen molar-refractivity contribution in [3.8, 4) is 6.07 Å². The standard InChI is InChI=1S/C14H20BN/c1-10(2)6-13(8-14(15)9-16)7-12(5)11(3)4/h6-8H,15H2,1-5H3/b13-7+,14-8-. The molecule has 0 bridgehead atoms. The summed E-state index contributed by atoms with van der Waals surface area (Å²) in [6.07, 6.45) is 6.12. The molecular weight excluding hydrogens is 193 g/mol. The molecule has 0 saturated carbocycles. The van der Waals surface area contributed by atoms with Crippen LogP contribution < -0.4 is 0 Å². The molecule has 0 aromatic rings. The highest BCUT2D eigenvalue weighted by Crippen LogP contribution is 2.12. The molecule has 0 unspecified atom stereocenters. The third-order valence-corrected chi connectivity index (χ3v) is 2.19. The molecule has 0 N–H and O–H groups in total. The van der Waals surface area contributed by atoms with E-state index in [-0.39, 0.29) is 0 Å². The van der Waals surface area contributed by atoms with Gasteiger partial charge in [-0.2, -0.15) is 5.26 Å². The van der Waals surface area contributed by atoms with Crippen LogP contribution in [0.4, 0.5) is 0 Å². The molecule has 0 aliphatic heterocycles. The fourth-order valence-electron chi connectivity index (χ4n) is 1.13. The van der Waals surface area contributed by atoms with Crippen LogP contribution in [-0.2, 0) is 0 Å². The SMILES string of the molecule is B/C(C#N)=C\C(C=C(C)C)=C\C(C)=C(C)C. The number of hydrogen-bond donors (Lipinski definition) is 0. The zero-order valence-electron chi connectivity index (χ0n) is 11.2. The van der Waals surface area contributed by atoms with Crippen molar-refractivity contribution < 1.29 is 0 Å². The summed E-state index contributed by atoms with van der Waals surface area (Å²) in [5.41, 5.74) is 5.58. The molecule has 0 radical (unpaired) electrons. The molecule has 0 amide bonds. The van der Waals surface area contributed by atoms with E-state index in [0.717, 1.165) is 11.0 Å². The average molecular weight is 213 g/mol. The van der Waals surface area contributed by atoms with Gasteiger partial charge in [0.15, 0.2) is 7.85 Å². The van der Waals surface area contributed by atoms with Gasteiger partial charge in [-0.15, -0.1) is 0 Å². The molecule has 84 valence electrons. The molecule has 0 aliphatic rings. The van der Waals surface area contributed by atoms with Crippen molar-refractivity contribution >= 4 is 7.85 Å². The van der Waals surface area contributed by atoms with Crippen LogP contribution in [0.2, 0.25) is 0 Å². The smallest absolute Gasteiger partial charge is 0.153 e. The molecular formula is C14H20BN. The predicted molar refractivity (Wildman–Crippen MR) is 73.8 cm³/mol. The average Bonchev–Trinajstić information content (AvgIpc) is 2.16. The van der Waals surface area contributed by atoms with Crippen molar-refractivity contribution in [3.05, 3.63) is 46.0 Å². The molecule has 0 aliphatic carbocycles. The summed E-state index contributed by atoms with van der Waals surface area (Å²) >= 11 is 0. The molecule has 0 heterocycles. The van der Waals surface area contributed by atoms with Gasteiger partial charge < -0.3 is 0 Å². The Morgan fingerprint density at radius 1 is 1.00 bits per heavy atom. The molecule has 0 saturated heterocycles. The molecule has 0 fully saturated rings. The van der Waals surface area contributed by atoms with Gasteiger partial charge in [-0.3, -0.25) is 0 Å². The Hall–Kier alpha value is -1.49. The van der Waals surface area contributed by atoms with E-state index in [1.54, 1.807) is 0 Å². The van der Waals surface area contributed by atoms with Gasteiger partial charge in [0.05, 0.1) is 6.07 Å². The zero-order chi connectivity index (χ0) is 12.7. The van der Waals surface area contributed by atoms with Gasteiger partial charge in [-0.05, 0) is 45.7 Å². The van der Waals surface area contributed by atoms with Crippen LogP contribution in [0.5, 0.6) is 0 Å². The lowest BCUT2D eigenvalue weighted by atomic mass is 9.93. The van der Waals surface area contributed by atoms with Crippen molar-refractivity contribution in [3.63, 3.8) is 0 Å². The maximum Gasteiger partial charge on any atom is 0.153 e. The Morgan fingerprint density at radius 2 is 1.56 bits per heavy atom. The van der Waals surface area contributed by atoms with E-state index in [1.807, 2.05) is 13.9 Å². The second-order valence-electron chi connectivity index (χ2n) is 4.49. The van der Waals surface area contributed by atoms with Gasteiger partial charge in [0.1, 0.15) is 0 Å². The predicted octanol–water partition coefficient (Wildman–Crippen LogP) is 3.28. The Bertz CT molecular complexity index is 407. The lowest BCUT2D eigenvalue weighted by Crippen LogP contribution is -1.83. The molecule has 0 atom stereocenters. The van der Waals surface area contributed by atoms with Gasteiger partial charge in [0.2, 0.25) is 0 Å². The Labute approximate surface area is 100 Å². The van der Waals surface area contributed by atoms with Crippen LogP contribution in [-0.4, -0.2) is 7.85 Å². The van der Waals surface area contributed by atoms with Gasteiger partial charge in [0, 0.05) is 0 Å². The van der Waals surface area contributed by atoms with E-state index in [1.165, 1.54) is 16.7 Å². The van der Waals surface area contributed by atoms with Gasteiger partial charge in [-0.1, -0.05) is 34.9 Å². The van der Waals surface area contributed by atoms with Crippen molar-refractivity contribution in [1.29, 1.82) is 5.26 Å². The highest BCUT2D eigenvalue weighted by Gasteiger charge is 1.94. The minimum atomic E-state index is 0.727. The first-order chi connectivity index (χ1) is 7.36. The fraction of sp³-hybridized carbons (Fsp3) is 0.357. The van der Waals surface area contributed by atoms with Crippen molar-refractivity contribution in [2.75, 3.05) is 0 Å². The summed E-state index contributed by atoms with van der Waals surface area (Å²) in [4.78, 5) is 0. The second kappa shape index (κ2) is 6.90. The van der Waals surface area contributed by atoms with E-state index in [4.69, 9.17) is 5.26 Å². The minimum absolute atomic E-state index is 0.727. The summed E-state index contributed by atoms with van der Waals surface area (Å²) in [6, 6.07) is 2.15. The Balaban J connectivity index is 5.38. The number of rotatable bonds is 3.